The predicted octanol–water partition coefficient (Wildman–Crippen LogP) is 5.17. The van der Waals surface area contributed by atoms with Gasteiger partial charge < -0.3 is 9.84 Å². The molecule has 6 heteroatoms. The van der Waals surface area contributed by atoms with Crippen molar-refractivity contribution >= 4 is 17.3 Å². The molecule has 0 aliphatic carbocycles. The summed E-state index contributed by atoms with van der Waals surface area (Å²) in [6.07, 6.45) is 1.16. The van der Waals surface area contributed by atoms with E-state index in [9.17, 15) is 4.79 Å². The molecule has 2 heterocycles. The fourth-order valence-corrected chi connectivity index (χ4v) is 5.05. The minimum absolute atomic E-state index is 0.0111. The van der Waals surface area contributed by atoms with Gasteiger partial charge in [0.25, 0.3) is 0 Å². The Balaban J connectivity index is 1.32. The van der Waals surface area contributed by atoms with Crippen LogP contribution in [0.25, 0.3) is 0 Å². The van der Waals surface area contributed by atoms with E-state index >= 15 is 0 Å². The van der Waals surface area contributed by atoms with Crippen LogP contribution in [0.2, 0.25) is 0 Å². The normalized spacial score (nSPS) is 14.8. The SMILES string of the molecule is Cc1nc2c(s1)CN(Cc1cccc(COc3ccc(C(C)CC(=O)O)cc3)c1)CC2. The summed E-state index contributed by atoms with van der Waals surface area (Å²) in [6.45, 7) is 7.48. The van der Waals surface area contributed by atoms with Crippen LogP contribution >= 0.6 is 11.3 Å². The van der Waals surface area contributed by atoms with Gasteiger partial charge in [-0.3, -0.25) is 9.69 Å². The van der Waals surface area contributed by atoms with Crippen LogP contribution in [0.5, 0.6) is 5.75 Å². The van der Waals surface area contributed by atoms with E-state index in [0.717, 1.165) is 47.9 Å². The third-order valence-electron chi connectivity index (χ3n) is 5.65. The Morgan fingerprint density at radius 1 is 1.23 bits per heavy atom. The number of fused-ring (bicyclic) bond motifs is 1. The van der Waals surface area contributed by atoms with Crippen LogP contribution in [0.4, 0.5) is 0 Å². The molecule has 1 atom stereocenters. The highest BCUT2D eigenvalue weighted by molar-refractivity contribution is 7.11. The lowest BCUT2D eigenvalue weighted by Gasteiger charge is -2.26. The number of hydrogen-bond donors (Lipinski definition) is 1. The average molecular weight is 437 g/mol. The molecule has 0 bridgehead atoms. The first-order valence-electron chi connectivity index (χ1n) is 10.7. The lowest BCUT2D eigenvalue weighted by atomic mass is 9.98. The molecule has 5 nitrogen and oxygen atoms in total. The highest BCUT2D eigenvalue weighted by atomic mass is 32.1. The fraction of sp³-hybridized carbons (Fsp3) is 0.360. The Labute approximate surface area is 187 Å². The molecule has 0 fully saturated rings. The Bertz CT molecular complexity index is 1050. The highest BCUT2D eigenvalue weighted by Gasteiger charge is 2.19. The van der Waals surface area contributed by atoms with E-state index in [1.54, 1.807) is 0 Å². The molecule has 1 N–H and O–H groups in total. The first kappa shape index (κ1) is 21.5. The van der Waals surface area contributed by atoms with E-state index in [1.165, 1.54) is 16.1 Å². The number of carboxylic acids is 1. The Morgan fingerprint density at radius 3 is 2.77 bits per heavy atom. The summed E-state index contributed by atoms with van der Waals surface area (Å²) in [5.41, 5.74) is 4.73. The van der Waals surface area contributed by atoms with Gasteiger partial charge >= 0.3 is 5.97 Å². The largest absolute Gasteiger partial charge is 0.489 e. The first-order chi connectivity index (χ1) is 15.0. The zero-order valence-corrected chi connectivity index (χ0v) is 18.8. The maximum absolute atomic E-state index is 10.9. The van der Waals surface area contributed by atoms with Crippen molar-refractivity contribution in [1.29, 1.82) is 0 Å². The molecule has 1 aliphatic heterocycles. The summed E-state index contributed by atoms with van der Waals surface area (Å²) in [7, 11) is 0. The van der Waals surface area contributed by atoms with E-state index < -0.39 is 5.97 Å². The average Bonchev–Trinajstić information content (AvgIpc) is 3.12. The molecule has 1 aromatic heterocycles. The number of aromatic nitrogens is 1. The predicted molar refractivity (Wildman–Crippen MR) is 123 cm³/mol. The summed E-state index contributed by atoms with van der Waals surface area (Å²) in [6, 6.07) is 16.3. The van der Waals surface area contributed by atoms with Crippen molar-refractivity contribution in [3.63, 3.8) is 0 Å². The Hall–Kier alpha value is -2.70. The molecule has 0 saturated carbocycles. The van der Waals surface area contributed by atoms with Gasteiger partial charge in [0.2, 0.25) is 0 Å². The van der Waals surface area contributed by atoms with Crippen LogP contribution in [-0.2, 0) is 30.9 Å². The van der Waals surface area contributed by atoms with Crippen LogP contribution in [0.3, 0.4) is 0 Å². The smallest absolute Gasteiger partial charge is 0.303 e. The van der Waals surface area contributed by atoms with Gasteiger partial charge in [-0.2, -0.15) is 0 Å². The second kappa shape index (κ2) is 9.62. The molecule has 1 aliphatic rings. The van der Waals surface area contributed by atoms with Gasteiger partial charge in [-0.15, -0.1) is 11.3 Å². The van der Waals surface area contributed by atoms with Crippen LogP contribution in [-0.4, -0.2) is 27.5 Å². The van der Waals surface area contributed by atoms with Gasteiger partial charge in [0.05, 0.1) is 17.1 Å². The number of hydrogen-bond acceptors (Lipinski definition) is 5. The number of rotatable bonds is 8. The summed E-state index contributed by atoms with van der Waals surface area (Å²) >= 11 is 1.82. The topological polar surface area (TPSA) is 62.7 Å². The highest BCUT2D eigenvalue weighted by Crippen LogP contribution is 2.26. The van der Waals surface area contributed by atoms with Gasteiger partial charge in [0.15, 0.2) is 0 Å². The number of thiazole rings is 1. The van der Waals surface area contributed by atoms with Crippen molar-refractivity contribution in [2.45, 2.75) is 52.3 Å². The van der Waals surface area contributed by atoms with Crippen molar-refractivity contribution in [1.82, 2.24) is 9.88 Å². The van der Waals surface area contributed by atoms with Gasteiger partial charge in [-0.1, -0.05) is 43.3 Å². The number of carboxylic acid groups (broad SMARTS) is 1. The lowest BCUT2D eigenvalue weighted by Crippen LogP contribution is -2.29. The molecule has 1 unspecified atom stereocenters. The zero-order valence-electron chi connectivity index (χ0n) is 18.0. The Kier molecular flexibility index (Phi) is 6.68. The third-order valence-corrected chi connectivity index (χ3v) is 6.65. The molecule has 162 valence electrons. The minimum Gasteiger partial charge on any atom is -0.489 e. The molecular formula is C25H28N2O3S. The van der Waals surface area contributed by atoms with Crippen molar-refractivity contribution < 1.29 is 14.6 Å². The quantitative estimate of drug-likeness (QED) is 0.528. The number of benzene rings is 2. The lowest BCUT2D eigenvalue weighted by molar-refractivity contribution is -0.137. The summed E-state index contributed by atoms with van der Waals surface area (Å²) in [5, 5.41) is 10.1. The molecular weight excluding hydrogens is 408 g/mol. The zero-order chi connectivity index (χ0) is 21.8. The van der Waals surface area contributed by atoms with Gasteiger partial charge in [0, 0.05) is 30.9 Å². The van der Waals surface area contributed by atoms with Crippen molar-refractivity contribution in [2.75, 3.05) is 6.54 Å². The summed E-state index contributed by atoms with van der Waals surface area (Å²) in [5.74, 6) is 0.00338. The van der Waals surface area contributed by atoms with E-state index in [4.69, 9.17) is 9.84 Å². The molecule has 0 saturated heterocycles. The maximum Gasteiger partial charge on any atom is 0.303 e. The van der Waals surface area contributed by atoms with Crippen molar-refractivity contribution in [2.24, 2.45) is 0 Å². The molecule has 0 amide bonds. The van der Waals surface area contributed by atoms with Crippen LogP contribution < -0.4 is 4.74 Å². The van der Waals surface area contributed by atoms with E-state index in [0.29, 0.717) is 6.61 Å². The standard InChI is InChI=1S/C25H28N2O3S/c1-17(12-25(28)29)21-6-8-22(9-7-21)30-16-20-5-3-4-19(13-20)14-27-11-10-23-24(15-27)31-18(2)26-23/h3-9,13,17H,10-12,14-16H2,1-2H3,(H,28,29). The van der Waals surface area contributed by atoms with E-state index in [2.05, 4.69) is 41.1 Å². The fourth-order valence-electron chi connectivity index (χ4n) is 4.03. The van der Waals surface area contributed by atoms with Gasteiger partial charge in [-0.25, -0.2) is 4.98 Å². The Morgan fingerprint density at radius 2 is 2.00 bits per heavy atom. The molecule has 0 spiro atoms. The third kappa shape index (κ3) is 5.71. The second-order valence-electron chi connectivity index (χ2n) is 8.24. The van der Waals surface area contributed by atoms with Crippen molar-refractivity contribution in [3.05, 3.63) is 80.8 Å². The molecule has 0 radical (unpaired) electrons. The molecule has 4 rings (SSSR count). The van der Waals surface area contributed by atoms with E-state index in [1.807, 2.05) is 42.5 Å². The molecule has 31 heavy (non-hydrogen) atoms. The van der Waals surface area contributed by atoms with Crippen LogP contribution in [0.1, 0.15) is 51.5 Å². The molecule has 2 aromatic carbocycles. The number of aliphatic carboxylic acids is 1. The summed E-state index contributed by atoms with van der Waals surface area (Å²) in [4.78, 5) is 19.4. The number of carbonyl (C=O) groups is 1. The van der Waals surface area contributed by atoms with Gasteiger partial charge in [0.1, 0.15) is 12.4 Å². The van der Waals surface area contributed by atoms with Crippen LogP contribution in [0, 0.1) is 6.92 Å². The monoisotopic (exact) mass is 436 g/mol. The van der Waals surface area contributed by atoms with Gasteiger partial charge in [-0.05, 0) is 41.7 Å². The second-order valence-corrected chi connectivity index (χ2v) is 9.53. The number of ether oxygens (including phenoxy) is 1. The summed E-state index contributed by atoms with van der Waals surface area (Å²) < 4.78 is 5.97. The minimum atomic E-state index is -0.778. The number of aryl methyl sites for hydroxylation is 1. The number of nitrogens with zero attached hydrogens (tertiary/aromatic N) is 2. The van der Waals surface area contributed by atoms with Crippen LogP contribution in [0.15, 0.2) is 48.5 Å². The van der Waals surface area contributed by atoms with E-state index in [-0.39, 0.29) is 12.3 Å². The molecule has 3 aromatic rings. The first-order valence-corrected chi connectivity index (χ1v) is 11.5. The maximum atomic E-state index is 10.9. The van der Waals surface area contributed by atoms with Crippen molar-refractivity contribution in [3.8, 4) is 5.75 Å².